The van der Waals surface area contributed by atoms with Crippen molar-refractivity contribution >= 4 is 5.91 Å². The standard InChI is InChI=1S/C17H21N3O2/c1-20(2)12-14-6-4-13(5-7-14)10-19-17(21)15-8-9-16(22-3)18-11-15/h4-9,11H,10,12H2,1-3H3,(H,19,21). The summed E-state index contributed by atoms with van der Waals surface area (Å²) in [6, 6.07) is 11.6. The van der Waals surface area contributed by atoms with Gasteiger partial charge in [-0.25, -0.2) is 4.98 Å². The number of nitrogens with one attached hydrogen (secondary N) is 1. The van der Waals surface area contributed by atoms with E-state index in [-0.39, 0.29) is 5.91 Å². The summed E-state index contributed by atoms with van der Waals surface area (Å²) < 4.78 is 4.97. The Morgan fingerprint density at radius 1 is 1.14 bits per heavy atom. The zero-order valence-electron chi connectivity index (χ0n) is 13.2. The Kier molecular flexibility index (Phi) is 5.49. The van der Waals surface area contributed by atoms with Crippen molar-refractivity contribution in [2.75, 3.05) is 21.2 Å². The molecular weight excluding hydrogens is 278 g/mol. The number of carbonyl (C=O) groups excluding carboxylic acids is 1. The molecule has 0 atom stereocenters. The second kappa shape index (κ2) is 7.56. The number of amides is 1. The summed E-state index contributed by atoms with van der Waals surface area (Å²) in [4.78, 5) is 18.2. The third kappa shape index (κ3) is 4.56. The molecule has 0 aliphatic carbocycles. The maximum atomic E-state index is 12.0. The van der Waals surface area contributed by atoms with Crippen LogP contribution in [0.25, 0.3) is 0 Å². The van der Waals surface area contributed by atoms with Gasteiger partial charge in [-0.3, -0.25) is 4.79 Å². The molecule has 0 fully saturated rings. The minimum Gasteiger partial charge on any atom is -0.481 e. The molecule has 1 amide bonds. The quantitative estimate of drug-likeness (QED) is 0.887. The second-order valence-electron chi connectivity index (χ2n) is 5.33. The summed E-state index contributed by atoms with van der Waals surface area (Å²) in [7, 11) is 5.62. The zero-order chi connectivity index (χ0) is 15.9. The SMILES string of the molecule is COc1ccc(C(=O)NCc2ccc(CN(C)C)cc2)cn1. The van der Waals surface area contributed by atoms with Crippen molar-refractivity contribution in [1.82, 2.24) is 15.2 Å². The van der Waals surface area contributed by atoms with Crippen LogP contribution in [0.15, 0.2) is 42.6 Å². The maximum absolute atomic E-state index is 12.0. The number of benzene rings is 1. The number of carbonyl (C=O) groups is 1. The summed E-state index contributed by atoms with van der Waals surface area (Å²) in [5.74, 6) is 0.348. The molecule has 0 radical (unpaired) electrons. The van der Waals surface area contributed by atoms with E-state index in [4.69, 9.17) is 4.74 Å². The lowest BCUT2D eigenvalue weighted by Gasteiger charge is -2.10. The highest BCUT2D eigenvalue weighted by molar-refractivity contribution is 5.93. The van der Waals surface area contributed by atoms with E-state index >= 15 is 0 Å². The molecule has 0 saturated carbocycles. The Bertz CT molecular complexity index is 607. The molecule has 0 saturated heterocycles. The Labute approximate surface area is 130 Å². The number of methoxy groups -OCH3 is 1. The van der Waals surface area contributed by atoms with Gasteiger partial charge in [0, 0.05) is 25.4 Å². The van der Waals surface area contributed by atoms with Gasteiger partial charge in [-0.2, -0.15) is 0 Å². The van der Waals surface area contributed by atoms with Crippen LogP contribution in [-0.4, -0.2) is 37.0 Å². The number of rotatable bonds is 6. The minimum atomic E-state index is -0.146. The minimum absolute atomic E-state index is 0.146. The van der Waals surface area contributed by atoms with Crippen LogP contribution in [0.1, 0.15) is 21.5 Å². The van der Waals surface area contributed by atoms with Crippen LogP contribution in [0, 0.1) is 0 Å². The van der Waals surface area contributed by atoms with Crippen molar-refractivity contribution in [2.45, 2.75) is 13.1 Å². The summed E-state index contributed by atoms with van der Waals surface area (Å²) in [6.45, 7) is 1.40. The van der Waals surface area contributed by atoms with E-state index in [2.05, 4.69) is 27.3 Å². The van der Waals surface area contributed by atoms with Gasteiger partial charge in [-0.05, 0) is 31.3 Å². The van der Waals surface area contributed by atoms with Crippen LogP contribution < -0.4 is 10.1 Å². The number of pyridine rings is 1. The molecule has 1 heterocycles. The van der Waals surface area contributed by atoms with Crippen molar-refractivity contribution in [3.05, 3.63) is 59.3 Å². The van der Waals surface area contributed by atoms with E-state index in [1.165, 1.54) is 11.8 Å². The molecule has 0 spiro atoms. The molecule has 1 aromatic heterocycles. The fourth-order valence-corrected chi connectivity index (χ4v) is 2.05. The number of hydrogen-bond donors (Lipinski definition) is 1. The lowest BCUT2D eigenvalue weighted by atomic mass is 10.1. The lowest BCUT2D eigenvalue weighted by Crippen LogP contribution is -2.22. The molecule has 22 heavy (non-hydrogen) atoms. The van der Waals surface area contributed by atoms with Crippen molar-refractivity contribution in [1.29, 1.82) is 0 Å². The maximum Gasteiger partial charge on any atom is 0.253 e. The molecule has 2 aromatic rings. The van der Waals surface area contributed by atoms with Gasteiger partial charge in [0.05, 0.1) is 12.7 Å². The highest BCUT2D eigenvalue weighted by Gasteiger charge is 2.06. The molecular formula is C17H21N3O2. The predicted octanol–water partition coefficient (Wildman–Crippen LogP) is 2.08. The van der Waals surface area contributed by atoms with E-state index in [1.54, 1.807) is 19.2 Å². The van der Waals surface area contributed by atoms with Crippen LogP contribution in [0.2, 0.25) is 0 Å². The van der Waals surface area contributed by atoms with E-state index in [1.807, 2.05) is 26.2 Å². The fourth-order valence-electron chi connectivity index (χ4n) is 2.05. The largest absolute Gasteiger partial charge is 0.481 e. The molecule has 1 N–H and O–H groups in total. The summed E-state index contributed by atoms with van der Waals surface area (Å²) in [5.41, 5.74) is 2.83. The lowest BCUT2D eigenvalue weighted by molar-refractivity contribution is 0.0950. The molecule has 116 valence electrons. The van der Waals surface area contributed by atoms with E-state index in [0.717, 1.165) is 12.1 Å². The summed E-state index contributed by atoms with van der Waals surface area (Å²) >= 11 is 0. The number of ether oxygens (including phenoxy) is 1. The number of aromatic nitrogens is 1. The summed E-state index contributed by atoms with van der Waals surface area (Å²) in [5, 5.41) is 2.88. The van der Waals surface area contributed by atoms with Crippen molar-refractivity contribution in [3.63, 3.8) is 0 Å². The Morgan fingerprint density at radius 2 is 1.82 bits per heavy atom. The zero-order valence-corrected chi connectivity index (χ0v) is 13.2. The molecule has 1 aromatic carbocycles. The van der Waals surface area contributed by atoms with Crippen molar-refractivity contribution in [3.8, 4) is 5.88 Å². The molecule has 5 heteroatoms. The van der Waals surface area contributed by atoms with E-state index < -0.39 is 0 Å². The van der Waals surface area contributed by atoms with Gasteiger partial charge in [0.25, 0.3) is 5.91 Å². The van der Waals surface area contributed by atoms with Crippen LogP contribution in [-0.2, 0) is 13.1 Å². The molecule has 0 bridgehead atoms. The third-order valence-electron chi connectivity index (χ3n) is 3.18. The van der Waals surface area contributed by atoms with Gasteiger partial charge in [0.2, 0.25) is 5.88 Å². The molecule has 0 aliphatic rings. The first kappa shape index (κ1) is 16.0. The highest BCUT2D eigenvalue weighted by Crippen LogP contribution is 2.08. The Morgan fingerprint density at radius 3 is 2.36 bits per heavy atom. The first-order chi connectivity index (χ1) is 10.6. The third-order valence-corrected chi connectivity index (χ3v) is 3.18. The van der Waals surface area contributed by atoms with Gasteiger partial charge in [0.15, 0.2) is 0 Å². The topological polar surface area (TPSA) is 54.5 Å². The highest BCUT2D eigenvalue weighted by atomic mass is 16.5. The van der Waals surface area contributed by atoms with Gasteiger partial charge < -0.3 is 15.0 Å². The molecule has 5 nitrogen and oxygen atoms in total. The number of nitrogens with zero attached hydrogens (tertiary/aromatic N) is 2. The average molecular weight is 299 g/mol. The van der Waals surface area contributed by atoms with Gasteiger partial charge in [-0.1, -0.05) is 24.3 Å². The van der Waals surface area contributed by atoms with Crippen LogP contribution >= 0.6 is 0 Å². The first-order valence-electron chi connectivity index (χ1n) is 7.09. The molecule has 2 rings (SSSR count). The number of hydrogen-bond acceptors (Lipinski definition) is 4. The van der Waals surface area contributed by atoms with Crippen LogP contribution in [0.5, 0.6) is 5.88 Å². The Balaban J connectivity index is 1.90. The first-order valence-corrected chi connectivity index (χ1v) is 7.09. The summed E-state index contributed by atoms with van der Waals surface area (Å²) in [6.07, 6.45) is 1.51. The molecule has 0 aliphatic heterocycles. The van der Waals surface area contributed by atoms with Crippen LogP contribution in [0.4, 0.5) is 0 Å². The van der Waals surface area contributed by atoms with Crippen molar-refractivity contribution in [2.24, 2.45) is 0 Å². The monoisotopic (exact) mass is 299 g/mol. The van der Waals surface area contributed by atoms with Gasteiger partial charge >= 0.3 is 0 Å². The fraction of sp³-hybridized carbons (Fsp3) is 0.294. The van der Waals surface area contributed by atoms with E-state index in [0.29, 0.717) is 18.0 Å². The van der Waals surface area contributed by atoms with Crippen LogP contribution in [0.3, 0.4) is 0 Å². The second-order valence-corrected chi connectivity index (χ2v) is 5.33. The van der Waals surface area contributed by atoms with Gasteiger partial charge in [0.1, 0.15) is 0 Å². The van der Waals surface area contributed by atoms with E-state index in [9.17, 15) is 4.79 Å². The van der Waals surface area contributed by atoms with Gasteiger partial charge in [-0.15, -0.1) is 0 Å². The average Bonchev–Trinajstić information content (AvgIpc) is 2.53. The normalized spacial score (nSPS) is 10.5. The Hall–Kier alpha value is -2.40. The smallest absolute Gasteiger partial charge is 0.253 e. The van der Waals surface area contributed by atoms with Crippen molar-refractivity contribution < 1.29 is 9.53 Å². The predicted molar refractivity (Wildman–Crippen MR) is 85.8 cm³/mol. The molecule has 0 unspecified atom stereocenters.